The van der Waals surface area contributed by atoms with Gasteiger partial charge in [0.1, 0.15) is 6.04 Å². The molecule has 3 rings (SSSR count). The minimum atomic E-state index is -3.78. The zero-order valence-electron chi connectivity index (χ0n) is 15.3. The van der Waals surface area contributed by atoms with Crippen LogP contribution in [0.4, 0.5) is 5.13 Å². The van der Waals surface area contributed by atoms with E-state index in [1.165, 1.54) is 21.8 Å². The third kappa shape index (κ3) is 4.40. The van der Waals surface area contributed by atoms with Crippen molar-refractivity contribution in [3.8, 4) is 0 Å². The maximum Gasteiger partial charge on any atom is 0.357 e. The molecule has 0 spiro atoms. The molecular formula is C18H21N3O5S2. The van der Waals surface area contributed by atoms with Gasteiger partial charge in [0, 0.05) is 11.9 Å². The van der Waals surface area contributed by atoms with Crippen LogP contribution in [0.15, 0.2) is 40.6 Å². The zero-order chi connectivity index (χ0) is 20.1. The van der Waals surface area contributed by atoms with Crippen molar-refractivity contribution in [1.29, 1.82) is 0 Å². The van der Waals surface area contributed by atoms with E-state index in [-0.39, 0.29) is 28.9 Å². The van der Waals surface area contributed by atoms with Gasteiger partial charge in [-0.05, 0) is 31.9 Å². The fourth-order valence-electron chi connectivity index (χ4n) is 3.00. The van der Waals surface area contributed by atoms with Gasteiger partial charge in [-0.25, -0.2) is 18.2 Å². The van der Waals surface area contributed by atoms with Gasteiger partial charge in [-0.2, -0.15) is 4.31 Å². The van der Waals surface area contributed by atoms with Crippen LogP contribution in [0.2, 0.25) is 0 Å². The summed E-state index contributed by atoms with van der Waals surface area (Å²) in [7, 11) is -3.78. The van der Waals surface area contributed by atoms with Gasteiger partial charge in [0.2, 0.25) is 15.9 Å². The van der Waals surface area contributed by atoms with Gasteiger partial charge in [-0.1, -0.05) is 24.6 Å². The van der Waals surface area contributed by atoms with E-state index >= 15 is 0 Å². The quantitative estimate of drug-likeness (QED) is 0.716. The summed E-state index contributed by atoms with van der Waals surface area (Å²) < 4.78 is 32.1. The van der Waals surface area contributed by atoms with E-state index in [1.807, 2.05) is 0 Å². The summed E-state index contributed by atoms with van der Waals surface area (Å²) in [4.78, 5) is 28.7. The third-order valence-electron chi connectivity index (χ3n) is 4.33. The van der Waals surface area contributed by atoms with E-state index < -0.39 is 27.9 Å². The molecule has 0 saturated carbocycles. The first-order valence-corrected chi connectivity index (χ1v) is 11.3. The Kier molecular flexibility index (Phi) is 6.42. The summed E-state index contributed by atoms with van der Waals surface area (Å²) in [6.45, 7) is 2.20. The van der Waals surface area contributed by atoms with Gasteiger partial charge in [-0.15, -0.1) is 11.3 Å². The first-order chi connectivity index (χ1) is 13.4. The zero-order valence-corrected chi connectivity index (χ0v) is 17.0. The predicted octanol–water partition coefficient (Wildman–Crippen LogP) is 2.50. The molecule has 28 heavy (non-hydrogen) atoms. The predicted molar refractivity (Wildman–Crippen MR) is 105 cm³/mol. The second-order valence-corrected chi connectivity index (χ2v) is 8.94. The van der Waals surface area contributed by atoms with Crippen LogP contribution < -0.4 is 5.32 Å². The molecule has 1 aromatic carbocycles. The highest BCUT2D eigenvalue weighted by molar-refractivity contribution is 7.89. The Labute approximate surface area is 167 Å². The molecule has 0 bridgehead atoms. The van der Waals surface area contributed by atoms with Gasteiger partial charge in [0.05, 0.1) is 11.5 Å². The number of esters is 1. The minimum absolute atomic E-state index is 0.111. The number of ether oxygens (including phenoxy) is 1. The number of carbonyl (C=O) groups excluding carboxylic acids is 2. The Bertz CT molecular complexity index is 943. The van der Waals surface area contributed by atoms with Crippen LogP contribution in [-0.4, -0.2) is 48.8 Å². The van der Waals surface area contributed by atoms with Crippen molar-refractivity contribution in [3.05, 3.63) is 41.4 Å². The summed E-state index contributed by atoms with van der Waals surface area (Å²) in [5.74, 6) is -1.02. The van der Waals surface area contributed by atoms with Gasteiger partial charge in [-0.3, -0.25) is 4.79 Å². The number of hydrogen-bond acceptors (Lipinski definition) is 7. The van der Waals surface area contributed by atoms with E-state index in [2.05, 4.69) is 10.3 Å². The highest BCUT2D eigenvalue weighted by Gasteiger charge is 2.37. The van der Waals surface area contributed by atoms with Gasteiger partial charge >= 0.3 is 5.97 Å². The van der Waals surface area contributed by atoms with E-state index in [4.69, 9.17) is 4.74 Å². The molecule has 0 aliphatic carbocycles. The topological polar surface area (TPSA) is 106 Å². The second-order valence-electron chi connectivity index (χ2n) is 6.19. The number of hydrogen-bond donors (Lipinski definition) is 1. The largest absolute Gasteiger partial charge is 0.461 e. The first kappa shape index (κ1) is 20.4. The van der Waals surface area contributed by atoms with Crippen molar-refractivity contribution in [2.75, 3.05) is 18.5 Å². The number of carbonyl (C=O) groups is 2. The molecule has 2 heterocycles. The number of nitrogens with one attached hydrogen (secondary N) is 1. The Morgan fingerprint density at radius 3 is 2.75 bits per heavy atom. The third-order valence-corrected chi connectivity index (χ3v) is 7.01. The molecule has 1 saturated heterocycles. The molecule has 8 nitrogen and oxygen atoms in total. The van der Waals surface area contributed by atoms with E-state index in [0.717, 1.165) is 17.8 Å². The number of benzene rings is 1. The Balaban J connectivity index is 1.77. The SMILES string of the molecule is CCOC(=O)c1csc(NC(=O)C2CCCCN2S(=O)(=O)c2ccccc2)n1. The lowest BCUT2D eigenvalue weighted by Crippen LogP contribution is -2.49. The van der Waals surface area contributed by atoms with Crippen LogP contribution in [0.25, 0.3) is 0 Å². The van der Waals surface area contributed by atoms with Crippen molar-refractivity contribution in [1.82, 2.24) is 9.29 Å². The first-order valence-electron chi connectivity index (χ1n) is 8.94. The van der Waals surface area contributed by atoms with Crippen LogP contribution in [0.5, 0.6) is 0 Å². The Morgan fingerprint density at radius 2 is 2.04 bits per heavy atom. The summed E-state index contributed by atoms with van der Waals surface area (Å²) in [6, 6.07) is 7.25. The molecule has 2 aromatic rings. The highest BCUT2D eigenvalue weighted by atomic mass is 32.2. The maximum absolute atomic E-state index is 13.0. The number of aromatic nitrogens is 1. The molecule has 0 radical (unpaired) electrons. The van der Waals surface area contributed by atoms with Crippen molar-refractivity contribution >= 4 is 38.4 Å². The van der Waals surface area contributed by atoms with E-state index in [0.29, 0.717) is 12.8 Å². The van der Waals surface area contributed by atoms with Crippen LogP contribution >= 0.6 is 11.3 Å². The molecule has 1 atom stereocenters. The molecule has 150 valence electrons. The number of rotatable bonds is 6. The van der Waals surface area contributed by atoms with Crippen LogP contribution in [0.3, 0.4) is 0 Å². The Hall–Kier alpha value is -2.30. The summed E-state index contributed by atoms with van der Waals surface area (Å²) in [5.41, 5.74) is 0.111. The molecule has 10 heteroatoms. The molecule has 1 amide bonds. The Morgan fingerprint density at radius 1 is 1.29 bits per heavy atom. The van der Waals surface area contributed by atoms with Gasteiger partial charge in [0.15, 0.2) is 10.8 Å². The van der Waals surface area contributed by atoms with Crippen LogP contribution in [-0.2, 0) is 19.6 Å². The van der Waals surface area contributed by atoms with E-state index in [1.54, 1.807) is 25.1 Å². The average molecular weight is 424 g/mol. The van der Waals surface area contributed by atoms with Gasteiger partial charge in [0.25, 0.3) is 0 Å². The minimum Gasteiger partial charge on any atom is -0.461 e. The van der Waals surface area contributed by atoms with Crippen LogP contribution in [0, 0.1) is 0 Å². The normalized spacial score (nSPS) is 17.8. The lowest BCUT2D eigenvalue weighted by Gasteiger charge is -2.33. The summed E-state index contributed by atoms with van der Waals surface area (Å²) in [6.07, 6.45) is 1.87. The fraction of sp³-hybridized carbons (Fsp3) is 0.389. The molecule has 1 aromatic heterocycles. The monoisotopic (exact) mass is 423 g/mol. The second kappa shape index (κ2) is 8.80. The van der Waals surface area contributed by atoms with Crippen LogP contribution in [0.1, 0.15) is 36.7 Å². The maximum atomic E-state index is 13.0. The van der Waals surface area contributed by atoms with Crippen molar-refractivity contribution in [2.24, 2.45) is 0 Å². The number of piperidine rings is 1. The fourth-order valence-corrected chi connectivity index (χ4v) is 5.36. The highest BCUT2D eigenvalue weighted by Crippen LogP contribution is 2.27. The number of anilines is 1. The van der Waals surface area contributed by atoms with Crippen molar-refractivity contribution in [2.45, 2.75) is 37.1 Å². The van der Waals surface area contributed by atoms with Gasteiger partial charge < -0.3 is 10.1 Å². The molecule has 1 N–H and O–H groups in total. The molecule has 1 aliphatic rings. The molecule has 1 unspecified atom stereocenters. The standard InChI is InChI=1S/C18H21N3O5S2/c1-2-26-17(23)14-12-27-18(19-14)20-16(22)15-10-6-7-11-21(15)28(24,25)13-8-4-3-5-9-13/h3-5,8-9,12,15H,2,6-7,10-11H2,1H3,(H,19,20,22). The lowest BCUT2D eigenvalue weighted by atomic mass is 10.0. The summed E-state index contributed by atoms with van der Waals surface area (Å²) >= 11 is 1.09. The summed E-state index contributed by atoms with van der Waals surface area (Å²) in [5, 5.41) is 4.36. The lowest BCUT2D eigenvalue weighted by molar-refractivity contribution is -0.120. The number of amides is 1. The molecule has 1 aliphatic heterocycles. The van der Waals surface area contributed by atoms with E-state index in [9.17, 15) is 18.0 Å². The van der Waals surface area contributed by atoms with Crippen molar-refractivity contribution < 1.29 is 22.7 Å². The molecule has 1 fully saturated rings. The number of nitrogens with zero attached hydrogens (tertiary/aromatic N) is 2. The number of thiazole rings is 1. The average Bonchev–Trinajstić information content (AvgIpc) is 3.17. The smallest absolute Gasteiger partial charge is 0.357 e. The molecular weight excluding hydrogens is 402 g/mol. The number of sulfonamides is 1. The van der Waals surface area contributed by atoms with Crippen molar-refractivity contribution in [3.63, 3.8) is 0 Å².